The molecule has 1 rings (SSSR count). The zero-order valence-electron chi connectivity index (χ0n) is 7.68. The second kappa shape index (κ2) is 3.81. The Balaban J connectivity index is 2.78. The van der Waals surface area contributed by atoms with Crippen molar-refractivity contribution in [3.63, 3.8) is 0 Å². The second-order valence-electron chi connectivity index (χ2n) is 2.76. The van der Waals surface area contributed by atoms with E-state index in [0.717, 1.165) is 11.1 Å². The van der Waals surface area contributed by atoms with Crippen LogP contribution in [0.15, 0.2) is 10.7 Å². The van der Waals surface area contributed by atoms with Gasteiger partial charge in [-0.2, -0.15) is 0 Å². The quantitative estimate of drug-likeness (QED) is 0.691. The Hall–Kier alpha value is -1.69. The predicted molar refractivity (Wildman–Crippen MR) is 49.3 cm³/mol. The highest BCUT2D eigenvalue weighted by atomic mass is 16.3. The molecule has 1 N–H and O–H groups in total. The third kappa shape index (κ3) is 1.91. The molecule has 0 saturated heterocycles. The summed E-state index contributed by atoms with van der Waals surface area (Å²) in [5, 5.41) is 2.53. The van der Waals surface area contributed by atoms with Crippen molar-refractivity contribution < 1.29 is 9.21 Å². The Labute approximate surface area is 77.1 Å². The number of terminal acetylenes is 1. The molecule has 0 fully saturated rings. The number of furan rings is 1. The van der Waals surface area contributed by atoms with Crippen molar-refractivity contribution in [2.75, 3.05) is 6.54 Å². The van der Waals surface area contributed by atoms with Crippen LogP contribution in [0, 0.1) is 26.2 Å². The third-order valence-electron chi connectivity index (χ3n) is 1.84. The van der Waals surface area contributed by atoms with Gasteiger partial charge in [0.15, 0.2) is 5.76 Å². The maximum absolute atomic E-state index is 11.3. The first-order valence-corrected chi connectivity index (χ1v) is 3.93. The van der Waals surface area contributed by atoms with Crippen LogP contribution < -0.4 is 5.32 Å². The molecule has 3 heteroatoms. The molecule has 1 aromatic rings. The lowest BCUT2D eigenvalue weighted by Crippen LogP contribution is -2.23. The number of hydrogen-bond acceptors (Lipinski definition) is 2. The van der Waals surface area contributed by atoms with Gasteiger partial charge in [-0.1, -0.05) is 5.92 Å². The molecule has 3 nitrogen and oxygen atoms in total. The molecule has 1 aromatic heterocycles. The number of carbonyl (C=O) groups excluding carboxylic acids is 1. The van der Waals surface area contributed by atoms with Gasteiger partial charge in [0.05, 0.1) is 12.8 Å². The number of carbonyl (C=O) groups is 1. The molecule has 68 valence electrons. The summed E-state index contributed by atoms with van der Waals surface area (Å²) in [5.41, 5.74) is 1.82. The van der Waals surface area contributed by atoms with Gasteiger partial charge >= 0.3 is 0 Å². The molecule has 0 aliphatic carbocycles. The van der Waals surface area contributed by atoms with Gasteiger partial charge in [-0.25, -0.2) is 0 Å². The van der Waals surface area contributed by atoms with Crippen LogP contribution >= 0.6 is 0 Å². The number of rotatable bonds is 2. The molecule has 0 unspecified atom stereocenters. The van der Waals surface area contributed by atoms with E-state index in [1.54, 1.807) is 6.26 Å². The molecule has 0 aliphatic rings. The molecule has 1 heterocycles. The SMILES string of the molecule is C#CCNC(=O)c1occ(C)c1C. The lowest BCUT2D eigenvalue weighted by atomic mass is 10.2. The van der Waals surface area contributed by atoms with Gasteiger partial charge in [0.2, 0.25) is 0 Å². The van der Waals surface area contributed by atoms with Gasteiger partial charge in [-0.3, -0.25) is 4.79 Å². The van der Waals surface area contributed by atoms with E-state index in [-0.39, 0.29) is 12.5 Å². The van der Waals surface area contributed by atoms with Gasteiger partial charge in [0.1, 0.15) is 0 Å². The van der Waals surface area contributed by atoms with Gasteiger partial charge < -0.3 is 9.73 Å². The van der Waals surface area contributed by atoms with Crippen LogP contribution in [0.3, 0.4) is 0 Å². The van der Waals surface area contributed by atoms with E-state index in [2.05, 4.69) is 11.2 Å². The van der Waals surface area contributed by atoms with Gasteiger partial charge in [0.25, 0.3) is 5.91 Å². The van der Waals surface area contributed by atoms with Crippen LogP contribution in [-0.4, -0.2) is 12.5 Å². The highest BCUT2D eigenvalue weighted by Gasteiger charge is 2.13. The number of aryl methyl sites for hydroxylation is 1. The average Bonchev–Trinajstić information content (AvgIpc) is 2.44. The van der Waals surface area contributed by atoms with Gasteiger partial charge in [0, 0.05) is 5.56 Å². The number of hydrogen-bond donors (Lipinski definition) is 1. The first kappa shape index (κ1) is 9.40. The van der Waals surface area contributed by atoms with Crippen molar-refractivity contribution in [3.8, 4) is 12.3 Å². The van der Waals surface area contributed by atoms with E-state index >= 15 is 0 Å². The van der Waals surface area contributed by atoms with Crippen LogP contribution in [0.25, 0.3) is 0 Å². The molecule has 0 atom stereocenters. The minimum Gasteiger partial charge on any atom is -0.459 e. The Kier molecular flexibility index (Phi) is 2.76. The molecule has 13 heavy (non-hydrogen) atoms. The normalized spacial score (nSPS) is 9.31. The summed E-state index contributed by atoms with van der Waals surface area (Å²) in [6, 6.07) is 0. The highest BCUT2D eigenvalue weighted by Crippen LogP contribution is 2.14. The summed E-state index contributed by atoms with van der Waals surface area (Å²) in [6.45, 7) is 3.94. The Bertz CT molecular complexity index is 357. The average molecular weight is 177 g/mol. The monoisotopic (exact) mass is 177 g/mol. The van der Waals surface area contributed by atoms with Crippen molar-refractivity contribution in [1.82, 2.24) is 5.32 Å². The van der Waals surface area contributed by atoms with Crippen LogP contribution in [0.1, 0.15) is 21.7 Å². The highest BCUT2D eigenvalue weighted by molar-refractivity contribution is 5.93. The Morgan fingerprint density at radius 1 is 1.69 bits per heavy atom. The fourth-order valence-corrected chi connectivity index (χ4v) is 0.939. The van der Waals surface area contributed by atoms with E-state index in [4.69, 9.17) is 10.8 Å². The van der Waals surface area contributed by atoms with E-state index < -0.39 is 0 Å². The minimum absolute atomic E-state index is 0.220. The minimum atomic E-state index is -0.261. The second-order valence-corrected chi connectivity index (χ2v) is 2.76. The summed E-state index contributed by atoms with van der Waals surface area (Å²) < 4.78 is 5.07. The van der Waals surface area contributed by atoms with E-state index in [1.807, 2.05) is 13.8 Å². The first-order valence-electron chi connectivity index (χ1n) is 3.93. The Morgan fingerprint density at radius 3 is 2.85 bits per heavy atom. The third-order valence-corrected chi connectivity index (χ3v) is 1.84. The fraction of sp³-hybridized carbons (Fsp3) is 0.300. The van der Waals surface area contributed by atoms with E-state index in [0.29, 0.717) is 5.76 Å². The standard InChI is InChI=1S/C10H11NO2/c1-4-5-11-10(12)9-8(3)7(2)6-13-9/h1,6H,5H2,2-3H3,(H,11,12). The maximum Gasteiger partial charge on any atom is 0.288 e. The lowest BCUT2D eigenvalue weighted by Gasteiger charge is -1.98. The zero-order chi connectivity index (χ0) is 9.84. The van der Waals surface area contributed by atoms with E-state index in [1.165, 1.54) is 0 Å². The molecule has 0 saturated carbocycles. The molecular formula is C10H11NO2. The molecule has 0 bridgehead atoms. The largest absolute Gasteiger partial charge is 0.459 e. The van der Waals surface area contributed by atoms with Crippen molar-refractivity contribution in [2.45, 2.75) is 13.8 Å². The Morgan fingerprint density at radius 2 is 2.38 bits per heavy atom. The van der Waals surface area contributed by atoms with Crippen molar-refractivity contribution >= 4 is 5.91 Å². The topological polar surface area (TPSA) is 42.2 Å². The van der Waals surface area contributed by atoms with Crippen LogP contribution in [-0.2, 0) is 0 Å². The summed E-state index contributed by atoms with van der Waals surface area (Å²) in [7, 11) is 0. The fourth-order valence-electron chi connectivity index (χ4n) is 0.939. The van der Waals surface area contributed by atoms with Crippen LogP contribution in [0.4, 0.5) is 0 Å². The van der Waals surface area contributed by atoms with Gasteiger partial charge in [-0.05, 0) is 19.4 Å². The smallest absolute Gasteiger partial charge is 0.288 e. The van der Waals surface area contributed by atoms with Crippen LogP contribution in [0.2, 0.25) is 0 Å². The van der Waals surface area contributed by atoms with Crippen molar-refractivity contribution in [1.29, 1.82) is 0 Å². The molecular weight excluding hydrogens is 166 g/mol. The molecule has 1 amide bonds. The van der Waals surface area contributed by atoms with Crippen molar-refractivity contribution in [3.05, 3.63) is 23.2 Å². The van der Waals surface area contributed by atoms with Crippen LogP contribution in [0.5, 0.6) is 0 Å². The maximum atomic E-state index is 11.3. The first-order chi connectivity index (χ1) is 6.16. The summed E-state index contributed by atoms with van der Waals surface area (Å²) in [6.07, 6.45) is 6.56. The number of amides is 1. The van der Waals surface area contributed by atoms with E-state index in [9.17, 15) is 4.79 Å². The molecule has 0 spiro atoms. The van der Waals surface area contributed by atoms with Gasteiger partial charge in [-0.15, -0.1) is 6.42 Å². The van der Waals surface area contributed by atoms with Crippen molar-refractivity contribution in [2.24, 2.45) is 0 Å². The summed E-state index contributed by atoms with van der Waals surface area (Å²) >= 11 is 0. The number of nitrogens with one attached hydrogen (secondary N) is 1. The molecule has 0 aliphatic heterocycles. The zero-order valence-corrected chi connectivity index (χ0v) is 7.68. The lowest BCUT2D eigenvalue weighted by molar-refractivity contribution is 0.0930. The molecule has 0 radical (unpaired) electrons. The molecule has 0 aromatic carbocycles. The predicted octanol–water partition coefficient (Wildman–Crippen LogP) is 1.26. The summed E-state index contributed by atoms with van der Waals surface area (Å²) in [5.74, 6) is 2.40. The summed E-state index contributed by atoms with van der Waals surface area (Å²) in [4.78, 5) is 11.3.